The number of carbonyl (C=O) groups excluding carboxylic acids is 2. The minimum absolute atomic E-state index is 0.0713. The van der Waals surface area contributed by atoms with Crippen molar-refractivity contribution in [1.82, 2.24) is 4.90 Å². The van der Waals surface area contributed by atoms with Gasteiger partial charge in [-0.25, -0.2) is 9.59 Å². The van der Waals surface area contributed by atoms with Gasteiger partial charge in [0.05, 0.1) is 5.56 Å². The Morgan fingerprint density at radius 3 is 2.71 bits per heavy atom. The molecule has 1 aliphatic heterocycles. The minimum atomic E-state index is -1.08. The van der Waals surface area contributed by atoms with E-state index in [2.05, 4.69) is 6.58 Å². The number of anilines is 1. The fourth-order valence-electron chi connectivity index (χ4n) is 2.07. The van der Waals surface area contributed by atoms with Crippen molar-refractivity contribution in [2.45, 2.75) is 13.3 Å². The van der Waals surface area contributed by atoms with Gasteiger partial charge in [0.15, 0.2) is 0 Å². The first-order valence-corrected chi connectivity index (χ1v) is 6.49. The molecule has 2 rings (SSSR count). The molecule has 1 fully saturated rings. The van der Waals surface area contributed by atoms with Crippen molar-refractivity contribution in [3.05, 3.63) is 42.0 Å². The lowest BCUT2D eigenvalue weighted by Gasteiger charge is -2.17. The quantitative estimate of drug-likeness (QED) is 0.665. The Labute approximate surface area is 122 Å². The summed E-state index contributed by atoms with van der Waals surface area (Å²) in [6.45, 7) is 5.80. The van der Waals surface area contributed by atoms with Gasteiger partial charge in [-0.1, -0.05) is 11.6 Å². The highest BCUT2D eigenvalue weighted by Gasteiger charge is 2.36. The normalized spacial score (nSPS) is 14.7. The van der Waals surface area contributed by atoms with Crippen LogP contribution in [0.15, 0.2) is 36.4 Å². The highest BCUT2D eigenvalue weighted by molar-refractivity contribution is 6.12. The summed E-state index contributed by atoms with van der Waals surface area (Å²) in [5.74, 6) is -1.36. The van der Waals surface area contributed by atoms with Crippen molar-refractivity contribution < 1.29 is 19.5 Å². The molecule has 0 spiro atoms. The number of imide groups is 1. The van der Waals surface area contributed by atoms with E-state index in [0.717, 1.165) is 5.57 Å². The van der Waals surface area contributed by atoms with Crippen molar-refractivity contribution in [2.75, 3.05) is 18.0 Å². The second-order valence-corrected chi connectivity index (χ2v) is 4.98. The van der Waals surface area contributed by atoms with Crippen molar-refractivity contribution in [1.29, 1.82) is 0 Å². The van der Waals surface area contributed by atoms with E-state index in [-0.39, 0.29) is 18.0 Å². The third-order valence-electron chi connectivity index (χ3n) is 3.22. The Kier molecular flexibility index (Phi) is 4.07. The average molecular weight is 288 g/mol. The van der Waals surface area contributed by atoms with Gasteiger partial charge in [0.2, 0.25) is 0 Å². The molecule has 0 atom stereocenters. The number of carboxylic acid groups (broad SMARTS) is 1. The molecule has 0 unspecified atom stereocenters. The Morgan fingerprint density at radius 1 is 1.38 bits per heavy atom. The smallest absolute Gasteiger partial charge is 0.335 e. The highest BCUT2D eigenvalue weighted by Crippen LogP contribution is 2.22. The van der Waals surface area contributed by atoms with Crippen LogP contribution in [0, 0.1) is 0 Å². The molecule has 0 aliphatic carbocycles. The lowest BCUT2D eigenvalue weighted by Crippen LogP contribution is -2.34. The van der Waals surface area contributed by atoms with Gasteiger partial charge in [-0.15, -0.1) is 6.58 Å². The average Bonchev–Trinajstić information content (AvgIpc) is 2.72. The van der Waals surface area contributed by atoms with Crippen LogP contribution in [0.2, 0.25) is 0 Å². The van der Waals surface area contributed by atoms with Gasteiger partial charge in [-0.05, 0) is 31.5 Å². The van der Waals surface area contributed by atoms with Crippen LogP contribution < -0.4 is 4.90 Å². The minimum Gasteiger partial charge on any atom is -0.478 e. The SMILES string of the molecule is C=C(C)CCN1C(=O)CN(c2cccc(C(=O)O)c2)C1=O. The van der Waals surface area contributed by atoms with Crippen LogP contribution in [0.5, 0.6) is 0 Å². The largest absolute Gasteiger partial charge is 0.478 e. The monoisotopic (exact) mass is 288 g/mol. The molecule has 1 aliphatic rings. The summed E-state index contributed by atoms with van der Waals surface area (Å²) >= 11 is 0. The molecule has 1 aromatic carbocycles. The third kappa shape index (κ3) is 3.10. The molecule has 6 nitrogen and oxygen atoms in total. The summed E-state index contributed by atoms with van der Waals surface area (Å²) < 4.78 is 0. The number of amides is 3. The van der Waals surface area contributed by atoms with E-state index in [1.807, 2.05) is 6.92 Å². The van der Waals surface area contributed by atoms with Crippen LogP contribution in [-0.4, -0.2) is 41.0 Å². The second kappa shape index (κ2) is 5.78. The van der Waals surface area contributed by atoms with E-state index in [1.165, 1.54) is 21.9 Å². The maximum atomic E-state index is 12.3. The molecule has 1 heterocycles. The van der Waals surface area contributed by atoms with Crippen LogP contribution in [0.1, 0.15) is 23.7 Å². The zero-order valence-corrected chi connectivity index (χ0v) is 11.7. The number of hydrogen-bond acceptors (Lipinski definition) is 3. The maximum Gasteiger partial charge on any atom is 0.335 e. The lowest BCUT2D eigenvalue weighted by molar-refractivity contribution is -0.124. The van der Waals surface area contributed by atoms with Crippen LogP contribution in [0.25, 0.3) is 0 Å². The molecular weight excluding hydrogens is 272 g/mol. The maximum absolute atomic E-state index is 12.3. The Morgan fingerprint density at radius 2 is 2.10 bits per heavy atom. The summed E-state index contributed by atoms with van der Waals surface area (Å²) in [6.07, 6.45) is 0.556. The Balaban J connectivity index is 2.20. The summed E-state index contributed by atoms with van der Waals surface area (Å²) in [7, 11) is 0. The van der Waals surface area contributed by atoms with Gasteiger partial charge in [-0.3, -0.25) is 14.6 Å². The first-order valence-electron chi connectivity index (χ1n) is 6.49. The molecule has 1 aromatic rings. The topological polar surface area (TPSA) is 77.9 Å². The van der Waals surface area contributed by atoms with Crippen molar-refractivity contribution in [3.8, 4) is 0 Å². The molecular formula is C15H16N2O4. The second-order valence-electron chi connectivity index (χ2n) is 4.98. The van der Waals surface area contributed by atoms with E-state index >= 15 is 0 Å². The predicted octanol–water partition coefficient (Wildman–Crippen LogP) is 2.12. The number of urea groups is 1. The van der Waals surface area contributed by atoms with Gasteiger partial charge >= 0.3 is 12.0 Å². The first-order chi connectivity index (χ1) is 9.90. The number of nitrogens with zero attached hydrogens (tertiary/aromatic N) is 2. The zero-order valence-electron chi connectivity index (χ0n) is 11.7. The van der Waals surface area contributed by atoms with E-state index < -0.39 is 12.0 Å². The first kappa shape index (κ1) is 14.8. The molecule has 0 aromatic heterocycles. The van der Waals surface area contributed by atoms with E-state index in [0.29, 0.717) is 18.7 Å². The van der Waals surface area contributed by atoms with Gasteiger partial charge < -0.3 is 5.11 Å². The number of carboxylic acids is 1. The van der Waals surface area contributed by atoms with Gasteiger partial charge in [0.25, 0.3) is 5.91 Å². The van der Waals surface area contributed by atoms with Crippen LogP contribution in [-0.2, 0) is 4.79 Å². The van der Waals surface area contributed by atoms with Crippen molar-refractivity contribution in [3.63, 3.8) is 0 Å². The number of hydrogen-bond donors (Lipinski definition) is 1. The third-order valence-corrected chi connectivity index (χ3v) is 3.22. The number of aromatic carboxylic acids is 1. The molecule has 0 saturated carbocycles. The van der Waals surface area contributed by atoms with Crippen LogP contribution in [0.3, 0.4) is 0 Å². The van der Waals surface area contributed by atoms with Crippen molar-refractivity contribution >= 4 is 23.6 Å². The molecule has 0 bridgehead atoms. The summed E-state index contributed by atoms with van der Waals surface area (Å²) in [4.78, 5) is 37.6. The Bertz CT molecular complexity index is 624. The van der Waals surface area contributed by atoms with E-state index in [1.54, 1.807) is 12.1 Å². The zero-order chi connectivity index (χ0) is 15.6. The number of rotatable bonds is 5. The summed E-state index contributed by atoms with van der Waals surface area (Å²) in [5.41, 5.74) is 1.38. The molecule has 1 saturated heterocycles. The number of benzene rings is 1. The Hall–Kier alpha value is -2.63. The van der Waals surface area contributed by atoms with Crippen LogP contribution in [0.4, 0.5) is 10.5 Å². The fourth-order valence-corrected chi connectivity index (χ4v) is 2.07. The number of carbonyl (C=O) groups is 3. The standard InChI is InChI=1S/C15H16N2O4/c1-10(2)6-7-16-13(18)9-17(15(16)21)12-5-3-4-11(8-12)14(19)20/h3-5,8H,1,6-7,9H2,2H3,(H,19,20). The van der Waals surface area contributed by atoms with E-state index in [4.69, 9.17) is 5.11 Å². The molecule has 3 amide bonds. The highest BCUT2D eigenvalue weighted by atomic mass is 16.4. The van der Waals surface area contributed by atoms with Crippen LogP contribution >= 0.6 is 0 Å². The van der Waals surface area contributed by atoms with Gasteiger partial charge in [0, 0.05) is 12.2 Å². The predicted molar refractivity (Wildman–Crippen MR) is 77.3 cm³/mol. The molecule has 21 heavy (non-hydrogen) atoms. The summed E-state index contributed by atoms with van der Waals surface area (Å²) in [6, 6.07) is 5.55. The lowest BCUT2D eigenvalue weighted by atomic mass is 10.2. The molecule has 6 heteroatoms. The fraction of sp³-hybridized carbons (Fsp3) is 0.267. The molecule has 110 valence electrons. The van der Waals surface area contributed by atoms with Gasteiger partial charge in [-0.2, -0.15) is 0 Å². The van der Waals surface area contributed by atoms with Crippen molar-refractivity contribution in [2.24, 2.45) is 0 Å². The summed E-state index contributed by atoms with van der Waals surface area (Å²) in [5, 5.41) is 8.98. The van der Waals surface area contributed by atoms with Gasteiger partial charge in [0.1, 0.15) is 6.54 Å². The van der Waals surface area contributed by atoms with E-state index in [9.17, 15) is 14.4 Å². The molecule has 0 radical (unpaired) electrons. The molecule has 1 N–H and O–H groups in total.